The molecule has 1 aliphatic rings. The van der Waals surface area contributed by atoms with Gasteiger partial charge in [-0.25, -0.2) is 0 Å². The highest BCUT2D eigenvalue weighted by molar-refractivity contribution is 6.35. The molecule has 1 saturated heterocycles. The maximum absolute atomic E-state index is 6.31. The molecule has 0 aliphatic carbocycles. The van der Waals surface area contributed by atoms with Crippen molar-refractivity contribution >= 4 is 28.2 Å². The fourth-order valence-electron chi connectivity index (χ4n) is 3.03. The molecule has 112 valence electrons. The van der Waals surface area contributed by atoms with Crippen molar-refractivity contribution in [3.63, 3.8) is 0 Å². The highest BCUT2D eigenvalue weighted by Gasteiger charge is 2.28. The molecule has 2 atom stereocenters. The van der Waals surface area contributed by atoms with E-state index in [4.69, 9.17) is 11.6 Å². The van der Waals surface area contributed by atoms with Crippen molar-refractivity contribution < 1.29 is 0 Å². The number of piperazine rings is 1. The zero-order valence-corrected chi connectivity index (χ0v) is 13.6. The fraction of sp³-hybridized carbons (Fsp3) is 0.471. The van der Waals surface area contributed by atoms with Crippen molar-refractivity contribution in [1.82, 2.24) is 10.3 Å². The number of pyridine rings is 1. The second-order valence-corrected chi connectivity index (χ2v) is 6.63. The van der Waals surface area contributed by atoms with Crippen molar-refractivity contribution in [3.05, 3.63) is 35.5 Å². The normalized spacial score (nSPS) is 23.0. The van der Waals surface area contributed by atoms with Gasteiger partial charge in [0, 0.05) is 36.8 Å². The number of rotatable bonds is 2. The third kappa shape index (κ3) is 2.72. The Bertz CT molecular complexity index is 641. The lowest BCUT2D eigenvalue weighted by atomic mass is 9.99. The molecule has 0 saturated carbocycles. The molecule has 3 nitrogen and oxygen atoms in total. The fourth-order valence-corrected chi connectivity index (χ4v) is 3.24. The average Bonchev–Trinajstić information content (AvgIpc) is 2.49. The highest BCUT2D eigenvalue weighted by atomic mass is 35.5. The van der Waals surface area contributed by atoms with Gasteiger partial charge in [0.25, 0.3) is 0 Å². The maximum Gasteiger partial charge on any atom is 0.0950 e. The van der Waals surface area contributed by atoms with Crippen molar-refractivity contribution in [3.8, 4) is 0 Å². The summed E-state index contributed by atoms with van der Waals surface area (Å²) in [5.41, 5.74) is 2.19. The Hall–Kier alpha value is -1.32. The van der Waals surface area contributed by atoms with Gasteiger partial charge in [-0.2, -0.15) is 0 Å². The topological polar surface area (TPSA) is 28.2 Å². The summed E-state index contributed by atoms with van der Waals surface area (Å²) in [6.07, 6.45) is 1.84. The molecule has 0 amide bonds. The van der Waals surface area contributed by atoms with E-state index in [1.54, 1.807) is 0 Å². The van der Waals surface area contributed by atoms with E-state index in [9.17, 15) is 0 Å². The molecule has 0 bridgehead atoms. The molecular weight excluding hydrogens is 282 g/mol. The van der Waals surface area contributed by atoms with Crippen LogP contribution >= 0.6 is 11.6 Å². The van der Waals surface area contributed by atoms with Crippen LogP contribution in [0.5, 0.6) is 0 Å². The maximum atomic E-state index is 6.31. The van der Waals surface area contributed by atoms with E-state index in [-0.39, 0.29) is 0 Å². The molecule has 1 fully saturated rings. The van der Waals surface area contributed by atoms with Crippen LogP contribution in [-0.4, -0.2) is 30.2 Å². The van der Waals surface area contributed by atoms with Gasteiger partial charge in [0.1, 0.15) is 0 Å². The van der Waals surface area contributed by atoms with Crippen LogP contribution in [0.15, 0.2) is 30.5 Å². The van der Waals surface area contributed by atoms with Crippen molar-refractivity contribution in [2.45, 2.75) is 32.9 Å². The van der Waals surface area contributed by atoms with Gasteiger partial charge in [-0.05, 0) is 37.1 Å². The smallest absolute Gasteiger partial charge is 0.0950 e. The molecule has 1 aromatic carbocycles. The van der Waals surface area contributed by atoms with Gasteiger partial charge in [0.15, 0.2) is 0 Å². The monoisotopic (exact) mass is 303 g/mol. The molecule has 3 rings (SSSR count). The molecule has 1 N–H and O–H groups in total. The molecule has 0 spiro atoms. The molecule has 2 unspecified atom stereocenters. The average molecular weight is 304 g/mol. The third-order valence-electron chi connectivity index (χ3n) is 4.41. The Morgan fingerprint density at radius 1 is 1.33 bits per heavy atom. The van der Waals surface area contributed by atoms with E-state index in [0.717, 1.165) is 29.0 Å². The van der Waals surface area contributed by atoms with Crippen molar-refractivity contribution in [2.75, 3.05) is 18.0 Å². The molecule has 1 aromatic heterocycles. The number of benzene rings is 1. The van der Waals surface area contributed by atoms with Gasteiger partial charge in [-0.1, -0.05) is 25.4 Å². The van der Waals surface area contributed by atoms with E-state index >= 15 is 0 Å². The van der Waals surface area contributed by atoms with Gasteiger partial charge >= 0.3 is 0 Å². The van der Waals surface area contributed by atoms with E-state index in [0.29, 0.717) is 18.0 Å². The number of halogens is 1. The van der Waals surface area contributed by atoms with E-state index < -0.39 is 0 Å². The summed E-state index contributed by atoms with van der Waals surface area (Å²) in [6.45, 7) is 8.80. The standard InChI is InChI=1S/C17H22ClN3/c1-11(2)15-10-21(12(3)9-20-15)16-7-6-14(18)13-5-4-8-19-17(13)16/h4-8,11-12,15,20H,9-10H2,1-3H3. The van der Waals surface area contributed by atoms with Crippen LogP contribution in [0.2, 0.25) is 5.02 Å². The third-order valence-corrected chi connectivity index (χ3v) is 4.74. The zero-order chi connectivity index (χ0) is 15.0. The minimum atomic E-state index is 0.450. The quantitative estimate of drug-likeness (QED) is 0.916. The molecule has 1 aliphatic heterocycles. The minimum Gasteiger partial charge on any atom is -0.364 e. The van der Waals surface area contributed by atoms with Crippen LogP contribution in [0.3, 0.4) is 0 Å². The predicted octanol–water partition coefficient (Wildman–Crippen LogP) is 3.71. The van der Waals surface area contributed by atoms with Crippen LogP contribution in [-0.2, 0) is 0 Å². The summed E-state index contributed by atoms with van der Waals surface area (Å²) in [5, 5.41) is 5.44. The van der Waals surface area contributed by atoms with Crippen LogP contribution in [0.4, 0.5) is 5.69 Å². The second-order valence-electron chi connectivity index (χ2n) is 6.23. The molecule has 21 heavy (non-hydrogen) atoms. The predicted molar refractivity (Wildman–Crippen MR) is 90.2 cm³/mol. The number of fused-ring (bicyclic) bond motifs is 1. The Kier molecular flexibility index (Phi) is 4.05. The number of hydrogen-bond acceptors (Lipinski definition) is 3. The molecule has 2 heterocycles. The van der Waals surface area contributed by atoms with Crippen LogP contribution in [0.1, 0.15) is 20.8 Å². The van der Waals surface area contributed by atoms with Gasteiger partial charge < -0.3 is 10.2 Å². The van der Waals surface area contributed by atoms with E-state index in [2.05, 4.69) is 42.0 Å². The first-order valence-corrected chi connectivity index (χ1v) is 7.99. The van der Waals surface area contributed by atoms with Crippen LogP contribution < -0.4 is 10.2 Å². The summed E-state index contributed by atoms with van der Waals surface area (Å²) in [4.78, 5) is 7.04. The molecule has 2 aromatic rings. The summed E-state index contributed by atoms with van der Waals surface area (Å²) < 4.78 is 0. The Morgan fingerprint density at radius 3 is 2.90 bits per heavy atom. The summed E-state index contributed by atoms with van der Waals surface area (Å²) >= 11 is 6.31. The number of aromatic nitrogens is 1. The number of hydrogen-bond donors (Lipinski definition) is 1. The lowest BCUT2D eigenvalue weighted by Crippen LogP contribution is -2.57. The number of nitrogens with zero attached hydrogens (tertiary/aromatic N) is 2. The lowest BCUT2D eigenvalue weighted by molar-refractivity contribution is 0.337. The zero-order valence-electron chi connectivity index (χ0n) is 12.8. The minimum absolute atomic E-state index is 0.450. The first kappa shape index (κ1) is 14.6. The summed E-state index contributed by atoms with van der Waals surface area (Å²) in [6, 6.07) is 9.04. The van der Waals surface area contributed by atoms with Crippen molar-refractivity contribution in [2.24, 2.45) is 5.92 Å². The molecule has 4 heteroatoms. The summed E-state index contributed by atoms with van der Waals surface area (Å²) in [7, 11) is 0. The number of anilines is 1. The Balaban J connectivity index is 2.04. The van der Waals surface area contributed by atoms with Crippen molar-refractivity contribution in [1.29, 1.82) is 0 Å². The van der Waals surface area contributed by atoms with Crippen LogP contribution in [0.25, 0.3) is 10.9 Å². The highest BCUT2D eigenvalue weighted by Crippen LogP contribution is 2.32. The SMILES string of the molecule is CC(C)C1CN(c2ccc(Cl)c3cccnc23)C(C)CN1. The van der Waals surface area contributed by atoms with Gasteiger partial charge in [-0.3, -0.25) is 4.98 Å². The first-order chi connectivity index (χ1) is 10.1. The van der Waals surface area contributed by atoms with E-state index in [1.807, 2.05) is 24.4 Å². The largest absolute Gasteiger partial charge is 0.364 e. The Morgan fingerprint density at radius 2 is 2.14 bits per heavy atom. The van der Waals surface area contributed by atoms with E-state index in [1.165, 1.54) is 5.69 Å². The second kappa shape index (κ2) is 5.82. The number of nitrogens with one attached hydrogen (secondary N) is 1. The summed E-state index contributed by atoms with van der Waals surface area (Å²) in [5.74, 6) is 0.617. The molecular formula is C17H22ClN3. The Labute approximate surface area is 131 Å². The van der Waals surface area contributed by atoms with Gasteiger partial charge in [0.05, 0.1) is 16.2 Å². The van der Waals surface area contributed by atoms with Gasteiger partial charge in [-0.15, -0.1) is 0 Å². The van der Waals surface area contributed by atoms with Crippen LogP contribution in [0, 0.1) is 5.92 Å². The first-order valence-electron chi connectivity index (χ1n) is 7.61. The van der Waals surface area contributed by atoms with Gasteiger partial charge in [0.2, 0.25) is 0 Å². The molecule has 0 radical (unpaired) electrons. The lowest BCUT2D eigenvalue weighted by Gasteiger charge is -2.42.